The molecule has 1 fully saturated rings. The van der Waals surface area contributed by atoms with Gasteiger partial charge in [-0.05, 0) is 36.6 Å². The minimum atomic E-state index is -0.0959. The minimum absolute atomic E-state index is 0.0959. The molecule has 3 rings (SSSR count). The summed E-state index contributed by atoms with van der Waals surface area (Å²) < 4.78 is 7.16. The van der Waals surface area contributed by atoms with Gasteiger partial charge >= 0.3 is 0 Å². The number of carbonyl (C=O) groups excluding carboxylic acids is 1. The second kappa shape index (κ2) is 5.52. The molecular formula is C16H19N3O2. The molecule has 0 spiro atoms. The maximum atomic E-state index is 12.3. The second-order valence-corrected chi connectivity index (χ2v) is 5.33. The molecule has 0 saturated heterocycles. The third-order valence-electron chi connectivity index (χ3n) is 3.63. The summed E-state index contributed by atoms with van der Waals surface area (Å²) >= 11 is 0. The number of nitrogens with one attached hydrogen (secondary N) is 1. The lowest BCUT2D eigenvalue weighted by atomic mass is 10.2. The van der Waals surface area contributed by atoms with E-state index in [-0.39, 0.29) is 5.91 Å². The summed E-state index contributed by atoms with van der Waals surface area (Å²) in [4.78, 5) is 12.3. The normalized spacial score (nSPS) is 14.0. The number of rotatable bonds is 5. The number of anilines is 1. The van der Waals surface area contributed by atoms with E-state index >= 15 is 0 Å². The smallest absolute Gasteiger partial charge is 0.268 e. The molecule has 2 aromatic rings. The highest BCUT2D eigenvalue weighted by atomic mass is 16.5. The van der Waals surface area contributed by atoms with Crippen LogP contribution in [0, 0.1) is 0 Å². The number of hydrogen-bond donors (Lipinski definition) is 2. The number of nitrogen functional groups attached to an aromatic ring is 1. The monoisotopic (exact) mass is 285 g/mol. The molecule has 0 atom stereocenters. The van der Waals surface area contributed by atoms with Crippen molar-refractivity contribution in [2.45, 2.75) is 25.4 Å². The predicted molar refractivity (Wildman–Crippen MR) is 81.3 cm³/mol. The first-order chi connectivity index (χ1) is 10.2. The zero-order valence-corrected chi connectivity index (χ0v) is 12.0. The average Bonchev–Trinajstić information content (AvgIpc) is 3.27. The van der Waals surface area contributed by atoms with Crippen LogP contribution in [0.3, 0.4) is 0 Å². The fourth-order valence-electron chi connectivity index (χ4n) is 2.39. The van der Waals surface area contributed by atoms with Crippen molar-refractivity contribution >= 4 is 11.6 Å². The summed E-state index contributed by atoms with van der Waals surface area (Å²) in [6.07, 6.45) is 4.08. The van der Waals surface area contributed by atoms with E-state index in [1.54, 1.807) is 13.2 Å². The van der Waals surface area contributed by atoms with Crippen LogP contribution in [0.5, 0.6) is 5.75 Å². The van der Waals surface area contributed by atoms with E-state index in [4.69, 9.17) is 10.5 Å². The Balaban J connectivity index is 1.69. The summed E-state index contributed by atoms with van der Waals surface area (Å²) in [5, 5.41) is 2.93. The molecule has 0 bridgehead atoms. The van der Waals surface area contributed by atoms with Crippen LogP contribution in [0.15, 0.2) is 36.5 Å². The lowest BCUT2D eigenvalue weighted by Gasteiger charge is -2.09. The first-order valence-electron chi connectivity index (χ1n) is 7.06. The standard InChI is InChI=1S/C16H19N3O2/c1-21-14-4-2-3-11(7-14)9-18-16(20)15-8-12(17)10-19(15)13-5-6-13/h2-4,7-8,10,13H,5-6,9,17H2,1H3,(H,18,20). The van der Waals surface area contributed by atoms with Gasteiger partial charge in [-0.3, -0.25) is 4.79 Å². The molecule has 1 aromatic heterocycles. The lowest BCUT2D eigenvalue weighted by Crippen LogP contribution is -2.25. The Morgan fingerprint density at radius 3 is 2.95 bits per heavy atom. The Morgan fingerprint density at radius 1 is 1.43 bits per heavy atom. The van der Waals surface area contributed by atoms with Gasteiger partial charge in [-0.15, -0.1) is 0 Å². The Bertz CT molecular complexity index is 659. The van der Waals surface area contributed by atoms with Crippen LogP contribution >= 0.6 is 0 Å². The van der Waals surface area contributed by atoms with E-state index in [0.29, 0.717) is 24.0 Å². The zero-order chi connectivity index (χ0) is 14.8. The van der Waals surface area contributed by atoms with Crippen LogP contribution in [0.2, 0.25) is 0 Å². The van der Waals surface area contributed by atoms with Crippen molar-refractivity contribution in [3.8, 4) is 5.75 Å². The molecule has 3 N–H and O–H groups in total. The molecule has 1 aliphatic carbocycles. The number of nitrogens with two attached hydrogens (primary N) is 1. The SMILES string of the molecule is COc1cccc(CNC(=O)c2cc(N)cn2C2CC2)c1. The Kier molecular flexibility index (Phi) is 3.56. The van der Waals surface area contributed by atoms with Crippen LogP contribution in [0.1, 0.15) is 34.9 Å². The fraction of sp³-hybridized carbons (Fsp3) is 0.312. The Labute approximate surface area is 123 Å². The summed E-state index contributed by atoms with van der Waals surface area (Å²) in [7, 11) is 1.63. The third-order valence-corrected chi connectivity index (χ3v) is 3.63. The van der Waals surface area contributed by atoms with Gasteiger partial charge in [0.05, 0.1) is 12.8 Å². The van der Waals surface area contributed by atoms with Crippen molar-refractivity contribution in [1.82, 2.24) is 9.88 Å². The molecule has 1 amide bonds. The van der Waals surface area contributed by atoms with Gasteiger partial charge < -0.3 is 20.4 Å². The van der Waals surface area contributed by atoms with Crippen LogP contribution in [0.25, 0.3) is 0 Å². The quantitative estimate of drug-likeness (QED) is 0.886. The molecule has 5 nitrogen and oxygen atoms in total. The van der Waals surface area contributed by atoms with Crippen molar-refractivity contribution < 1.29 is 9.53 Å². The predicted octanol–water partition coefficient (Wildman–Crippen LogP) is 2.34. The van der Waals surface area contributed by atoms with Crippen LogP contribution in [-0.2, 0) is 6.54 Å². The second-order valence-electron chi connectivity index (χ2n) is 5.33. The van der Waals surface area contributed by atoms with Crippen LogP contribution < -0.4 is 15.8 Å². The minimum Gasteiger partial charge on any atom is -0.497 e. The van der Waals surface area contributed by atoms with E-state index in [1.807, 2.05) is 35.0 Å². The Morgan fingerprint density at radius 2 is 2.24 bits per heavy atom. The van der Waals surface area contributed by atoms with Crippen molar-refractivity contribution in [2.75, 3.05) is 12.8 Å². The highest BCUT2D eigenvalue weighted by Gasteiger charge is 2.27. The van der Waals surface area contributed by atoms with E-state index < -0.39 is 0 Å². The summed E-state index contributed by atoms with van der Waals surface area (Å²) in [5.74, 6) is 0.689. The van der Waals surface area contributed by atoms with Gasteiger partial charge in [0.25, 0.3) is 5.91 Å². The number of hydrogen-bond acceptors (Lipinski definition) is 3. The molecular weight excluding hydrogens is 266 g/mol. The van der Waals surface area contributed by atoms with Gasteiger partial charge in [0.15, 0.2) is 0 Å². The number of aromatic nitrogens is 1. The fourth-order valence-corrected chi connectivity index (χ4v) is 2.39. The number of amides is 1. The van der Waals surface area contributed by atoms with Gasteiger partial charge in [-0.25, -0.2) is 0 Å². The van der Waals surface area contributed by atoms with Gasteiger partial charge in [0.1, 0.15) is 11.4 Å². The van der Waals surface area contributed by atoms with Crippen molar-refractivity contribution in [1.29, 1.82) is 0 Å². The number of methoxy groups -OCH3 is 1. The maximum absolute atomic E-state index is 12.3. The van der Waals surface area contributed by atoms with Gasteiger partial charge in [0.2, 0.25) is 0 Å². The molecule has 5 heteroatoms. The van der Waals surface area contributed by atoms with E-state index in [1.165, 1.54) is 0 Å². The van der Waals surface area contributed by atoms with Crippen LogP contribution in [0.4, 0.5) is 5.69 Å². The average molecular weight is 285 g/mol. The van der Waals surface area contributed by atoms with Gasteiger partial charge in [-0.2, -0.15) is 0 Å². The van der Waals surface area contributed by atoms with Crippen molar-refractivity contribution in [2.24, 2.45) is 0 Å². The first kappa shape index (κ1) is 13.5. The molecule has 1 heterocycles. The molecule has 1 aliphatic rings. The molecule has 0 unspecified atom stereocenters. The Hall–Kier alpha value is -2.43. The molecule has 110 valence electrons. The number of nitrogens with zero attached hydrogens (tertiary/aromatic N) is 1. The highest BCUT2D eigenvalue weighted by Crippen LogP contribution is 2.37. The maximum Gasteiger partial charge on any atom is 0.268 e. The summed E-state index contributed by atoms with van der Waals surface area (Å²) in [6.45, 7) is 0.464. The molecule has 1 saturated carbocycles. The zero-order valence-electron chi connectivity index (χ0n) is 12.0. The number of ether oxygens (including phenoxy) is 1. The molecule has 1 aromatic carbocycles. The summed E-state index contributed by atoms with van der Waals surface area (Å²) in [6, 6.07) is 9.82. The topological polar surface area (TPSA) is 69.3 Å². The molecule has 0 radical (unpaired) electrons. The van der Waals surface area contributed by atoms with Gasteiger partial charge in [-0.1, -0.05) is 12.1 Å². The molecule has 21 heavy (non-hydrogen) atoms. The third kappa shape index (κ3) is 3.02. The highest BCUT2D eigenvalue weighted by molar-refractivity contribution is 5.93. The lowest BCUT2D eigenvalue weighted by molar-refractivity contribution is 0.0941. The van der Waals surface area contributed by atoms with E-state index in [0.717, 1.165) is 24.2 Å². The largest absolute Gasteiger partial charge is 0.497 e. The van der Waals surface area contributed by atoms with E-state index in [2.05, 4.69) is 5.32 Å². The van der Waals surface area contributed by atoms with E-state index in [9.17, 15) is 4.79 Å². The first-order valence-corrected chi connectivity index (χ1v) is 7.06. The van der Waals surface area contributed by atoms with Gasteiger partial charge in [0, 0.05) is 18.8 Å². The van der Waals surface area contributed by atoms with Crippen molar-refractivity contribution in [3.63, 3.8) is 0 Å². The number of carbonyl (C=O) groups is 1. The van der Waals surface area contributed by atoms with Crippen LogP contribution in [-0.4, -0.2) is 17.6 Å². The summed E-state index contributed by atoms with van der Waals surface area (Å²) in [5.41, 5.74) is 8.08. The number of benzene rings is 1. The van der Waals surface area contributed by atoms with Crippen molar-refractivity contribution in [3.05, 3.63) is 47.8 Å². The molecule has 0 aliphatic heterocycles.